The standard InChI is InChI=1S/C14H18N4O/c1-9-7-10(2)18(17-9)13-6-4-5-12(8-13)16-14(19)11(3)15/h4-8,11H,15H2,1-3H3,(H,16,19)/t11-/m0/s1. The molecule has 0 fully saturated rings. The Morgan fingerprint density at radius 3 is 2.68 bits per heavy atom. The first-order valence-electron chi connectivity index (χ1n) is 6.17. The molecule has 1 aromatic heterocycles. The number of aryl methyl sites for hydroxylation is 2. The van der Waals surface area contributed by atoms with Crippen LogP contribution in [0.3, 0.4) is 0 Å². The Hall–Kier alpha value is -2.14. The third-order valence-corrected chi connectivity index (χ3v) is 2.78. The van der Waals surface area contributed by atoms with E-state index in [1.54, 1.807) is 6.92 Å². The Morgan fingerprint density at radius 1 is 1.37 bits per heavy atom. The third-order valence-electron chi connectivity index (χ3n) is 2.78. The second-order valence-corrected chi connectivity index (χ2v) is 4.67. The number of nitrogens with zero attached hydrogens (tertiary/aromatic N) is 2. The van der Waals surface area contributed by atoms with E-state index >= 15 is 0 Å². The van der Waals surface area contributed by atoms with Crippen molar-refractivity contribution < 1.29 is 4.79 Å². The van der Waals surface area contributed by atoms with Crippen molar-refractivity contribution in [3.8, 4) is 5.69 Å². The number of benzene rings is 1. The molecule has 0 aliphatic carbocycles. The summed E-state index contributed by atoms with van der Waals surface area (Å²) < 4.78 is 1.84. The Kier molecular flexibility index (Phi) is 3.66. The van der Waals surface area contributed by atoms with Gasteiger partial charge in [-0.2, -0.15) is 5.10 Å². The zero-order valence-corrected chi connectivity index (χ0v) is 11.3. The van der Waals surface area contributed by atoms with Crippen molar-refractivity contribution in [1.29, 1.82) is 0 Å². The molecule has 0 saturated heterocycles. The Labute approximate surface area is 112 Å². The van der Waals surface area contributed by atoms with Gasteiger partial charge in [0.05, 0.1) is 17.4 Å². The smallest absolute Gasteiger partial charge is 0.240 e. The molecule has 100 valence electrons. The topological polar surface area (TPSA) is 72.9 Å². The van der Waals surface area contributed by atoms with Gasteiger partial charge in [0.15, 0.2) is 0 Å². The molecule has 0 aliphatic heterocycles. The summed E-state index contributed by atoms with van der Waals surface area (Å²) in [7, 11) is 0. The van der Waals surface area contributed by atoms with Gasteiger partial charge in [-0.25, -0.2) is 4.68 Å². The van der Waals surface area contributed by atoms with Gasteiger partial charge in [-0.3, -0.25) is 4.79 Å². The van der Waals surface area contributed by atoms with Crippen molar-refractivity contribution in [1.82, 2.24) is 9.78 Å². The average molecular weight is 258 g/mol. The Bertz CT molecular complexity index is 601. The van der Waals surface area contributed by atoms with E-state index in [2.05, 4.69) is 10.4 Å². The summed E-state index contributed by atoms with van der Waals surface area (Å²) in [5.74, 6) is -0.203. The van der Waals surface area contributed by atoms with Crippen molar-refractivity contribution >= 4 is 11.6 Å². The number of hydrogen-bond acceptors (Lipinski definition) is 3. The van der Waals surface area contributed by atoms with Crippen LogP contribution in [0, 0.1) is 13.8 Å². The molecule has 2 rings (SSSR count). The van der Waals surface area contributed by atoms with E-state index in [1.165, 1.54) is 0 Å². The molecule has 19 heavy (non-hydrogen) atoms. The molecule has 2 aromatic rings. The molecule has 5 nitrogen and oxygen atoms in total. The van der Waals surface area contributed by atoms with Crippen LogP contribution in [-0.2, 0) is 4.79 Å². The van der Waals surface area contributed by atoms with E-state index in [9.17, 15) is 4.79 Å². The zero-order valence-electron chi connectivity index (χ0n) is 11.3. The van der Waals surface area contributed by atoms with Gasteiger partial charge in [0.25, 0.3) is 0 Å². The lowest BCUT2D eigenvalue weighted by molar-refractivity contribution is -0.117. The number of nitrogens with two attached hydrogens (primary N) is 1. The highest BCUT2D eigenvalue weighted by molar-refractivity contribution is 5.94. The minimum Gasteiger partial charge on any atom is -0.325 e. The fourth-order valence-electron chi connectivity index (χ4n) is 1.86. The lowest BCUT2D eigenvalue weighted by atomic mass is 10.2. The molecule has 5 heteroatoms. The highest BCUT2D eigenvalue weighted by atomic mass is 16.2. The van der Waals surface area contributed by atoms with Gasteiger partial charge >= 0.3 is 0 Å². The lowest BCUT2D eigenvalue weighted by Crippen LogP contribution is -2.32. The minimum absolute atomic E-state index is 0.203. The van der Waals surface area contributed by atoms with Crippen molar-refractivity contribution in [3.05, 3.63) is 41.7 Å². The highest BCUT2D eigenvalue weighted by Crippen LogP contribution is 2.16. The summed E-state index contributed by atoms with van der Waals surface area (Å²) in [5.41, 5.74) is 9.17. The molecule has 1 atom stereocenters. The molecule has 0 spiro atoms. The number of carbonyl (C=O) groups excluding carboxylic acids is 1. The van der Waals surface area contributed by atoms with Crippen LogP contribution in [0.15, 0.2) is 30.3 Å². The first kappa shape index (κ1) is 13.3. The van der Waals surface area contributed by atoms with E-state index in [0.717, 1.165) is 17.1 Å². The highest BCUT2D eigenvalue weighted by Gasteiger charge is 2.09. The number of aromatic nitrogens is 2. The molecule has 0 aliphatic rings. The summed E-state index contributed by atoms with van der Waals surface area (Å²) in [4.78, 5) is 11.6. The summed E-state index contributed by atoms with van der Waals surface area (Å²) in [6.45, 7) is 5.60. The van der Waals surface area contributed by atoms with E-state index < -0.39 is 6.04 Å². The molecule has 0 saturated carbocycles. The van der Waals surface area contributed by atoms with Crippen molar-refractivity contribution in [2.75, 3.05) is 5.32 Å². The molecular weight excluding hydrogens is 240 g/mol. The molecule has 1 heterocycles. The van der Waals surface area contributed by atoms with Gasteiger partial charge in [0.2, 0.25) is 5.91 Å². The van der Waals surface area contributed by atoms with E-state index in [1.807, 2.05) is 48.9 Å². The normalized spacial score (nSPS) is 12.2. The Morgan fingerprint density at radius 2 is 2.11 bits per heavy atom. The molecule has 0 bridgehead atoms. The molecular formula is C14H18N4O. The lowest BCUT2D eigenvalue weighted by Gasteiger charge is -2.10. The second kappa shape index (κ2) is 5.24. The number of amides is 1. The molecule has 0 unspecified atom stereocenters. The molecule has 1 aromatic carbocycles. The van der Waals surface area contributed by atoms with Crippen LogP contribution >= 0.6 is 0 Å². The van der Waals surface area contributed by atoms with Gasteiger partial charge in [-0.1, -0.05) is 6.07 Å². The Balaban J connectivity index is 2.29. The van der Waals surface area contributed by atoms with Crippen molar-refractivity contribution in [3.63, 3.8) is 0 Å². The molecule has 1 amide bonds. The van der Waals surface area contributed by atoms with Crippen molar-refractivity contribution in [2.24, 2.45) is 5.73 Å². The van der Waals surface area contributed by atoms with Gasteiger partial charge in [0.1, 0.15) is 0 Å². The van der Waals surface area contributed by atoms with Crippen LogP contribution < -0.4 is 11.1 Å². The minimum atomic E-state index is -0.530. The van der Waals surface area contributed by atoms with Crippen molar-refractivity contribution in [2.45, 2.75) is 26.8 Å². The maximum absolute atomic E-state index is 11.6. The number of hydrogen-bond donors (Lipinski definition) is 2. The number of rotatable bonds is 3. The maximum atomic E-state index is 11.6. The van der Waals surface area contributed by atoms with E-state index in [0.29, 0.717) is 5.69 Å². The SMILES string of the molecule is Cc1cc(C)n(-c2cccc(NC(=O)[C@H](C)N)c2)n1. The largest absolute Gasteiger partial charge is 0.325 e. The fourth-order valence-corrected chi connectivity index (χ4v) is 1.86. The van der Waals surface area contributed by atoms with Gasteiger partial charge in [-0.05, 0) is 45.0 Å². The zero-order chi connectivity index (χ0) is 14.0. The van der Waals surface area contributed by atoms with Crippen LogP contribution in [-0.4, -0.2) is 21.7 Å². The van der Waals surface area contributed by atoms with Gasteiger partial charge in [0, 0.05) is 11.4 Å². The number of anilines is 1. The maximum Gasteiger partial charge on any atom is 0.240 e. The number of carbonyl (C=O) groups is 1. The van der Waals surface area contributed by atoms with E-state index in [4.69, 9.17) is 5.73 Å². The van der Waals surface area contributed by atoms with Crippen LogP contribution in [0.25, 0.3) is 5.69 Å². The van der Waals surface area contributed by atoms with Gasteiger partial charge in [-0.15, -0.1) is 0 Å². The summed E-state index contributed by atoms with van der Waals surface area (Å²) in [5, 5.41) is 7.19. The summed E-state index contributed by atoms with van der Waals surface area (Å²) in [6, 6.07) is 9.00. The molecule has 0 radical (unpaired) electrons. The van der Waals surface area contributed by atoms with Crippen LogP contribution in [0.5, 0.6) is 0 Å². The van der Waals surface area contributed by atoms with Crippen LogP contribution in [0.1, 0.15) is 18.3 Å². The molecule has 3 N–H and O–H groups in total. The third kappa shape index (κ3) is 3.00. The monoisotopic (exact) mass is 258 g/mol. The fraction of sp³-hybridized carbons (Fsp3) is 0.286. The quantitative estimate of drug-likeness (QED) is 0.881. The average Bonchev–Trinajstić information content (AvgIpc) is 2.68. The first-order valence-corrected chi connectivity index (χ1v) is 6.17. The summed E-state index contributed by atoms with van der Waals surface area (Å²) >= 11 is 0. The summed E-state index contributed by atoms with van der Waals surface area (Å²) in [6.07, 6.45) is 0. The van der Waals surface area contributed by atoms with Crippen LogP contribution in [0.2, 0.25) is 0 Å². The van der Waals surface area contributed by atoms with Gasteiger partial charge < -0.3 is 11.1 Å². The van der Waals surface area contributed by atoms with Crippen LogP contribution in [0.4, 0.5) is 5.69 Å². The number of nitrogens with one attached hydrogen (secondary N) is 1. The predicted molar refractivity (Wildman–Crippen MR) is 75.3 cm³/mol. The first-order chi connectivity index (χ1) is 8.97. The second-order valence-electron chi connectivity index (χ2n) is 4.67. The van der Waals surface area contributed by atoms with E-state index in [-0.39, 0.29) is 5.91 Å². The predicted octanol–water partition coefficient (Wildman–Crippen LogP) is 1.77.